The third-order valence-corrected chi connectivity index (χ3v) is 3.40. The van der Waals surface area contributed by atoms with E-state index in [2.05, 4.69) is 38.2 Å². The van der Waals surface area contributed by atoms with Crippen molar-refractivity contribution in [2.45, 2.75) is 0 Å². The Morgan fingerprint density at radius 1 is 1.27 bits per heavy atom. The molecule has 0 fully saturated rings. The van der Waals surface area contributed by atoms with E-state index in [0.29, 0.717) is 10.6 Å². The van der Waals surface area contributed by atoms with E-state index in [-0.39, 0.29) is 0 Å². The second kappa shape index (κ2) is 3.43. The van der Waals surface area contributed by atoms with Crippen molar-refractivity contribution in [1.29, 1.82) is 0 Å². The van der Waals surface area contributed by atoms with Crippen LogP contribution in [0.5, 0.6) is 0 Å². The SMILES string of the molecule is Brc1noc(-c2csc3ccccc23)n1. The van der Waals surface area contributed by atoms with Crippen molar-refractivity contribution in [3.63, 3.8) is 0 Å². The maximum atomic E-state index is 5.12. The van der Waals surface area contributed by atoms with E-state index in [1.807, 2.05) is 17.5 Å². The zero-order chi connectivity index (χ0) is 10.3. The summed E-state index contributed by atoms with van der Waals surface area (Å²) in [7, 11) is 0. The van der Waals surface area contributed by atoms with Crippen molar-refractivity contribution in [1.82, 2.24) is 10.1 Å². The van der Waals surface area contributed by atoms with E-state index in [1.165, 1.54) is 4.70 Å². The molecule has 0 saturated heterocycles. The van der Waals surface area contributed by atoms with Crippen molar-refractivity contribution >= 4 is 37.4 Å². The molecule has 74 valence electrons. The highest BCUT2D eigenvalue weighted by Crippen LogP contribution is 2.32. The van der Waals surface area contributed by atoms with Crippen molar-refractivity contribution in [3.8, 4) is 11.5 Å². The smallest absolute Gasteiger partial charge is 0.260 e. The van der Waals surface area contributed by atoms with E-state index in [0.717, 1.165) is 10.9 Å². The van der Waals surface area contributed by atoms with Crippen molar-refractivity contribution in [2.75, 3.05) is 0 Å². The van der Waals surface area contributed by atoms with Gasteiger partial charge in [-0.2, -0.15) is 4.98 Å². The fourth-order valence-electron chi connectivity index (χ4n) is 1.46. The third kappa shape index (κ3) is 1.48. The molecule has 0 atom stereocenters. The fourth-order valence-corrected chi connectivity index (χ4v) is 2.63. The lowest BCUT2D eigenvalue weighted by molar-refractivity contribution is 0.427. The quantitative estimate of drug-likeness (QED) is 0.682. The van der Waals surface area contributed by atoms with Gasteiger partial charge >= 0.3 is 0 Å². The molecule has 1 aromatic carbocycles. The monoisotopic (exact) mass is 280 g/mol. The highest BCUT2D eigenvalue weighted by Gasteiger charge is 2.11. The lowest BCUT2D eigenvalue weighted by atomic mass is 10.2. The lowest BCUT2D eigenvalue weighted by Crippen LogP contribution is -1.73. The average molecular weight is 281 g/mol. The molecule has 0 aliphatic heterocycles. The van der Waals surface area contributed by atoms with E-state index >= 15 is 0 Å². The molecule has 0 aliphatic rings. The normalized spacial score (nSPS) is 11.0. The van der Waals surface area contributed by atoms with Crippen LogP contribution in [0.25, 0.3) is 21.5 Å². The number of fused-ring (bicyclic) bond motifs is 1. The van der Waals surface area contributed by atoms with E-state index in [4.69, 9.17) is 4.52 Å². The minimum Gasteiger partial charge on any atom is -0.333 e. The Kier molecular flexibility index (Phi) is 2.07. The average Bonchev–Trinajstić information content (AvgIpc) is 2.83. The minimum absolute atomic E-state index is 0.479. The number of halogens is 1. The van der Waals surface area contributed by atoms with Crippen LogP contribution in [0.15, 0.2) is 38.9 Å². The number of hydrogen-bond donors (Lipinski definition) is 0. The number of aromatic nitrogens is 2. The van der Waals surface area contributed by atoms with Gasteiger partial charge in [-0.15, -0.1) is 11.3 Å². The number of hydrogen-bond acceptors (Lipinski definition) is 4. The van der Waals surface area contributed by atoms with E-state index in [1.54, 1.807) is 11.3 Å². The molecule has 5 heteroatoms. The molecule has 3 nitrogen and oxygen atoms in total. The van der Waals surface area contributed by atoms with Crippen LogP contribution >= 0.6 is 27.3 Å². The highest BCUT2D eigenvalue weighted by molar-refractivity contribution is 9.10. The van der Waals surface area contributed by atoms with Crippen molar-refractivity contribution in [3.05, 3.63) is 34.4 Å². The zero-order valence-corrected chi connectivity index (χ0v) is 9.88. The molecule has 0 bridgehead atoms. The Morgan fingerprint density at radius 2 is 2.13 bits per heavy atom. The molecule has 15 heavy (non-hydrogen) atoms. The molecule has 3 aromatic rings. The summed E-state index contributed by atoms with van der Waals surface area (Å²) in [5, 5.41) is 6.90. The summed E-state index contributed by atoms with van der Waals surface area (Å²) >= 11 is 4.84. The highest BCUT2D eigenvalue weighted by atomic mass is 79.9. The first kappa shape index (κ1) is 9.06. The van der Waals surface area contributed by atoms with Gasteiger partial charge in [-0.25, -0.2) is 0 Å². The Morgan fingerprint density at radius 3 is 2.93 bits per heavy atom. The number of benzene rings is 1. The van der Waals surface area contributed by atoms with Gasteiger partial charge in [-0.1, -0.05) is 18.2 Å². The Hall–Kier alpha value is -1.20. The predicted octanol–water partition coefficient (Wildman–Crippen LogP) is 3.71. The Balaban J connectivity index is 2.27. The predicted molar refractivity (Wildman–Crippen MR) is 62.8 cm³/mol. The molecule has 3 rings (SSSR count). The van der Waals surface area contributed by atoms with Gasteiger partial charge in [0.2, 0.25) is 4.73 Å². The first-order valence-electron chi connectivity index (χ1n) is 4.30. The summed E-state index contributed by atoms with van der Waals surface area (Å²) in [5.41, 5.74) is 0.994. The minimum atomic E-state index is 0.479. The van der Waals surface area contributed by atoms with E-state index < -0.39 is 0 Å². The van der Waals surface area contributed by atoms with Gasteiger partial charge in [0.1, 0.15) is 0 Å². The molecule has 0 saturated carbocycles. The number of thiophene rings is 1. The van der Waals surface area contributed by atoms with E-state index in [9.17, 15) is 0 Å². The Bertz CT molecular complexity index is 616. The molecule has 0 aliphatic carbocycles. The second-order valence-electron chi connectivity index (χ2n) is 3.01. The topological polar surface area (TPSA) is 38.9 Å². The molecule has 0 N–H and O–H groups in total. The summed E-state index contributed by atoms with van der Waals surface area (Å²) in [6, 6.07) is 8.16. The van der Waals surface area contributed by atoms with Gasteiger partial charge in [0, 0.05) is 15.5 Å². The molecular formula is C10H5BrN2OS. The van der Waals surface area contributed by atoms with Crippen molar-refractivity contribution in [2.24, 2.45) is 0 Å². The van der Waals surface area contributed by atoms with Crippen LogP contribution in [0, 0.1) is 0 Å². The van der Waals surface area contributed by atoms with Gasteiger partial charge < -0.3 is 4.52 Å². The zero-order valence-electron chi connectivity index (χ0n) is 7.48. The first-order chi connectivity index (χ1) is 7.34. The first-order valence-corrected chi connectivity index (χ1v) is 5.98. The van der Waals surface area contributed by atoms with Crippen LogP contribution < -0.4 is 0 Å². The molecular weight excluding hydrogens is 276 g/mol. The Labute approximate surface area is 97.9 Å². The van der Waals surface area contributed by atoms with Gasteiger partial charge in [-0.3, -0.25) is 0 Å². The maximum Gasteiger partial charge on any atom is 0.260 e. The maximum absolute atomic E-state index is 5.12. The summed E-state index contributed by atoms with van der Waals surface area (Å²) in [4.78, 5) is 4.15. The molecule has 2 heterocycles. The summed E-state index contributed by atoms with van der Waals surface area (Å²) in [6.45, 7) is 0. The van der Waals surface area contributed by atoms with Crippen LogP contribution in [-0.4, -0.2) is 10.1 Å². The summed E-state index contributed by atoms with van der Waals surface area (Å²) in [5.74, 6) is 0.555. The number of nitrogens with zero attached hydrogens (tertiary/aromatic N) is 2. The third-order valence-electron chi connectivity index (χ3n) is 2.11. The molecule has 0 amide bonds. The van der Waals surface area contributed by atoms with Crippen molar-refractivity contribution < 1.29 is 4.52 Å². The summed E-state index contributed by atoms with van der Waals surface area (Å²) < 4.78 is 6.82. The fraction of sp³-hybridized carbons (Fsp3) is 0. The van der Waals surface area contributed by atoms with Gasteiger partial charge in [-0.05, 0) is 27.2 Å². The second-order valence-corrected chi connectivity index (χ2v) is 4.63. The standard InChI is InChI=1S/C10H5BrN2OS/c11-10-12-9(14-13-10)7-5-15-8-4-2-1-3-6(7)8/h1-5H. The van der Waals surface area contributed by atoms with Crippen LogP contribution in [0.1, 0.15) is 0 Å². The largest absolute Gasteiger partial charge is 0.333 e. The van der Waals surface area contributed by atoms with Gasteiger partial charge in [0.25, 0.3) is 5.89 Å². The molecule has 0 spiro atoms. The van der Waals surface area contributed by atoms with Crippen LogP contribution in [0.2, 0.25) is 0 Å². The van der Waals surface area contributed by atoms with Gasteiger partial charge in [0.05, 0.1) is 5.56 Å². The lowest BCUT2D eigenvalue weighted by Gasteiger charge is -1.90. The van der Waals surface area contributed by atoms with Crippen LogP contribution in [-0.2, 0) is 0 Å². The molecule has 0 radical (unpaired) electrons. The number of rotatable bonds is 1. The summed E-state index contributed by atoms with van der Waals surface area (Å²) in [6.07, 6.45) is 0. The molecule has 2 aromatic heterocycles. The van der Waals surface area contributed by atoms with Crippen LogP contribution in [0.3, 0.4) is 0 Å². The molecule has 0 unspecified atom stereocenters. The van der Waals surface area contributed by atoms with Crippen LogP contribution in [0.4, 0.5) is 0 Å². The van der Waals surface area contributed by atoms with Gasteiger partial charge in [0.15, 0.2) is 0 Å².